The lowest BCUT2D eigenvalue weighted by atomic mass is 10.1. The van der Waals surface area contributed by atoms with E-state index in [2.05, 4.69) is 0 Å². The Labute approximate surface area is 124 Å². The van der Waals surface area contributed by atoms with Crippen molar-refractivity contribution >= 4 is 11.6 Å². The zero-order valence-electron chi connectivity index (χ0n) is 12.0. The summed E-state index contributed by atoms with van der Waals surface area (Å²) in [4.78, 5) is 22.8. The molecule has 0 unspecified atom stereocenters. The minimum Gasteiger partial charge on any atom is -0.486 e. The van der Waals surface area contributed by atoms with Gasteiger partial charge in [-0.1, -0.05) is 42.5 Å². The van der Waals surface area contributed by atoms with Crippen LogP contribution >= 0.6 is 0 Å². The first-order chi connectivity index (χ1) is 10.1. The molecule has 0 N–H and O–H groups in total. The normalized spacial score (nSPS) is 10.1. The fourth-order valence-corrected chi connectivity index (χ4v) is 2.03. The highest BCUT2D eigenvalue weighted by Gasteiger charge is 2.05. The maximum atomic E-state index is 11.8. The Bertz CT molecular complexity index is 600. The molecule has 2 aromatic carbocycles. The summed E-state index contributed by atoms with van der Waals surface area (Å²) < 4.78 is 5.47. The van der Waals surface area contributed by atoms with Gasteiger partial charge in [0.1, 0.15) is 18.1 Å². The van der Waals surface area contributed by atoms with Crippen LogP contribution in [0.1, 0.15) is 18.1 Å². The summed E-state index contributed by atoms with van der Waals surface area (Å²) in [5.41, 5.74) is 1.94. The summed E-state index contributed by atoms with van der Waals surface area (Å²) in [5.74, 6) is 0.805. The lowest BCUT2D eigenvalue weighted by molar-refractivity contribution is -0.120. The molecule has 0 amide bonds. The number of hydrogen-bond acceptors (Lipinski definition) is 3. The minimum atomic E-state index is 0.0361. The molecule has 0 radical (unpaired) electrons. The maximum absolute atomic E-state index is 11.8. The van der Waals surface area contributed by atoms with Crippen LogP contribution in [0, 0.1) is 0 Å². The van der Waals surface area contributed by atoms with Crippen molar-refractivity contribution in [2.75, 3.05) is 6.61 Å². The molecule has 0 aliphatic carbocycles. The number of ketones is 2. The van der Waals surface area contributed by atoms with Crippen molar-refractivity contribution in [2.24, 2.45) is 0 Å². The van der Waals surface area contributed by atoms with E-state index in [0.717, 1.165) is 11.1 Å². The Hall–Kier alpha value is -2.42. The molecule has 0 saturated carbocycles. The van der Waals surface area contributed by atoms with Crippen LogP contribution in [0.15, 0.2) is 54.6 Å². The van der Waals surface area contributed by atoms with Gasteiger partial charge < -0.3 is 4.74 Å². The highest BCUT2D eigenvalue weighted by Crippen LogP contribution is 2.13. The average molecular weight is 282 g/mol. The Kier molecular flexibility index (Phi) is 5.27. The number of carbonyl (C=O) groups excluding carboxylic acids is 2. The highest BCUT2D eigenvalue weighted by molar-refractivity contribution is 5.82. The summed E-state index contributed by atoms with van der Waals surface area (Å²) in [6.45, 7) is 1.62. The van der Waals surface area contributed by atoms with Crippen LogP contribution in [0.5, 0.6) is 5.75 Å². The average Bonchev–Trinajstić information content (AvgIpc) is 2.47. The minimum absolute atomic E-state index is 0.0361. The van der Waals surface area contributed by atoms with Crippen LogP contribution in [0.4, 0.5) is 0 Å². The van der Waals surface area contributed by atoms with Gasteiger partial charge >= 0.3 is 0 Å². The van der Waals surface area contributed by atoms with Crippen LogP contribution in [0.25, 0.3) is 0 Å². The van der Waals surface area contributed by atoms with Gasteiger partial charge in [-0.2, -0.15) is 0 Å². The molecule has 0 heterocycles. The van der Waals surface area contributed by atoms with Gasteiger partial charge in [0.05, 0.1) is 0 Å². The largest absolute Gasteiger partial charge is 0.486 e. The Balaban J connectivity index is 1.82. The van der Waals surface area contributed by atoms with Gasteiger partial charge in [0.15, 0.2) is 5.78 Å². The SMILES string of the molecule is CC(=O)Cc1ccc(OCC(=O)Cc2ccccc2)cc1. The third-order valence-corrected chi connectivity index (χ3v) is 3.02. The van der Waals surface area contributed by atoms with E-state index in [9.17, 15) is 9.59 Å². The molecular formula is C18H18O3. The fourth-order valence-electron chi connectivity index (χ4n) is 2.03. The second-order valence-electron chi connectivity index (χ2n) is 5.01. The fraction of sp³-hybridized carbons (Fsp3) is 0.222. The first-order valence-electron chi connectivity index (χ1n) is 6.90. The summed E-state index contributed by atoms with van der Waals surface area (Å²) in [5, 5.41) is 0. The summed E-state index contributed by atoms with van der Waals surface area (Å²) in [7, 11) is 0. The van der Waals surface area contributed by atoms with Crippen molar-refractivity contribution in [3.63, 3.8) is 0 Å². The van der Waals surface area contributed by atoms with E-state index in [1.165, 1.54) is 0 Å². The maximum Gasteiger partial charge on any atom is 0.174 e. The predicted octanol–water partition coefficient (Wildman–Crippen LogP) is 3.01. The molecule has 0 aromatic heterocycles. The van der Waals surface area contributed by atoms with Crippen LogP contribution in [0.3, 0.4) is 0 Å². The van der Waals surface area contributed by atoms with Gasteiger partial charge in [0.25, 0.3) is 0 Å². The van der Waals surface area contributed by atoms with Crippen LogP contribution in [-0.4, -0.2) is 18.2 Å². The Morgan fingerprint density at radius 2 is 1.48 bits per heavy atom. The molecule has 0 spiro atoms. The number of Topliss-reactive ketones (excluding diaryl/α,β-unsaturated/α-hetero) is 2. The van der Waals surface area contributed by atoms with E-state index < -0.39 is 0 Å². The van der Waals surface area contributed by atoms with E-state index in [1.54, 1.807) is 19.1 Å². The molecule has 0 fully saturated rings. The lowest BCUT2D eigenvalue weighted by Gasteiger charge is -2.06. The van der Waals surface area contributed by atoms with Crippen molar-refractivity contribution in [1.82, 2.24) is 0 Å². The second kappa shape index (κ2) is 7.39. The Morgan fingerprint density at radius 3 is 2.10 bits per heavy atom. The molecule has 0 atom stereocenters. The van der Waals surface area contributed by atoms with E-state index in [1.807, 2.05) is 42.5 Å². The van der Waals surface area contributed by atoms with Gasteiger partial charge in [0, 0.05) is 12.8 Å². The zero-order chi connectivity index (χ0) is 15.1. The van der Waals surface area contributed by atoms with Crippen molar-refractivity contribution < 1.29 is 14.3 Å². The molecule has 0 aliphatic rings. The third kappa shape index (κ3) is 5.22. The number of hydrogen-bond donors (Lipinski definition) is 0. The molecule has 3 heteroatoms. The van der Waals surface area contributed by atoms with Crippen molar-refractivity contribution in [2.45, 2.75) is 19.8 Å². The second-order valence-corrected chi connectivity index (χ2v) is 5.01. The number of benzene rings is 2. The van der Waals surface area contributed by atoms with Crippen LogP contribution < -0.4 is 4.74 Å². The van der Waals surface area contributed by atoms with Gasteiger partial charge in [0.2, 0.25) is 0 Å². The zero-order valence-corrected chi connectivity index (χ0v) is 12.0. The summed E-state index contributed by atoms with van der Waals surface area (Å²) in [6, 6.07) is 16.9. The van der Waals surface area contributed by atoms with Crippen LogP contribution in [-0.2, 0) is 22.4 Å². The summed E-state index contributed by atoms with van der Waals surface area (Å²) in [6.07, 6.45) is 0.802. The van der Waals surface area contributed by atoms with E-state index in [0.29, 0.717) is 18.6 Å². The molecule has 0 saturated heterocycles. The first-order valence-corrected chi connectivity index (χ1v) is 6.90. The van der Waals surface area contributed by atoms with Crippen molar-refractivity contribution in [3.8, 4) is 5.75 Å². The monoisotopic (exact) mass is 282 g/mol. The number of carbonyl (C=O) groups is 2. The van der Waals surface area contributed by atoms with Crippen molar-refractivity contribution in [3.05, 3.63) is 65.7 Å². The van der Waals surface area contributed by atoms with Crippen molar-refractivity contribution in [1.29, 1.82) is 0 Å². The quantitative estimate of drug-likeness (QED) is 0.784. The molecule has 2 rings (SSSR count). The standard InChI is InChI=1S/C18H18O3/c1-14(19)11-16-7-9-18(10-8-16)21-13-17(20)12-15-5-3-2-4-6-15/h2-10H,11-13H2,1H3. The molecule has 2 aromatic rings. The number of rotatable bonds is 7. The molecular weight excluding hydrogens is 264 g/mol. The Morgan fingerprint density at radius 1 is 0.857 bits per heavy atom. The predicted molar refractivity (Wildman–Crippen MR) is 81.5 cm³/mol. The van der Waals surface area contributed by atoms with E-state index in [4.69, 9.17) is 4.74 Å². The molecule has 0 aliphatic heterocycles. The number of ether oxygens (including phenoxy) is 1. The van der Waals surface area contributed by atoms with Gasteiger partial charge in [-0.15, -0.1) is 0 Å². The molecule has 3 nitrogen and oxygen atoms in total. The van der Waals surface area contributed by atoms with E-state index >= 15 is 0 Å². The molecule has 0 bridgehead atoms. The molecule has 108 valence electrons. The topological polar surface area (TPSA) is 43.4 Å². The van der Waals surface area contributed by atoms with E-state index in [-0.39, 0.29) is 18.2 Å². The first kappa shape index (κ1) is 15.0. The summed E-state index contributed by atoms with van der Waals surface area (Å²) >= 11 is 0. The van der Waals surface area contributed by atoms with Gasteiger partial charge in [-0.3, -0.25) is 9.59 Å². The van der Waals surface area contributed by atoms with Crippen LogP contribution in [0.2, 0.25) is 0 Å². The third-order valence-electron chi connectivity index (χ3n) is 3.02. The van der Waals surface area contributed by atoms with Gasteiger partial charge in [-0.05, 0) is 30.2 Å². The molecule has 21 heavy (non-hydrogen) atoms. The highest BCUT2D eigenvalue weighted by atomic mass is 16.5. The smallest absolute Gasteiger partial charge is 0.174 e. The lowest BCUT2D eigenvalue weighted by Crippen LogP contribution is -2.13. The van der Waals surface area contributed by atoms with Gasteiger partial charge in [-0.25, -0.2) is 0 Å².